The fraction of sp³-hybridized carbons (Fsp3) is 0.400. The van der Waals surface area contributed by atoms with Gasteiger partial charge >= 0.3 is 0 Å². The summed E-state index contributed by atoms with van der Waals surface area (Å²) in [5.74, 6) is 0. The first-order chi connectivity index (χ1) is 5.97. The van der Waals surface area contributed by atoms with Gasteiger partial charge < -0.3 is 16.2 Å². The topological polar surface area (TPSA) is 58.3 Å². The van der Waals surface area contributed by atoms with Crippen molar-refractivity contribution in [2.45, 2.75) is 19.4 Å². The van der Waals surface area contributed by atoms with Gasteiger partial charge in [0.05, 0.1) is 5.60 Å². The Morgan fingerprint density at radius 2 is 1.85 bits per heavy atom. The number of anilines is 2. The van der Waals surface area contributed by atoms with Crippen LogP contribution in [0.15, 0.2) is 24.3 Å². The van der Waals surface area contributed by atoms with Gasteiger partial charge in [-0.25, -0.2) is 0 Å². The monoisotopic (exact) mass is 180 g/mol. The Hall–Kier alpha value is -1.22. The van der Waals surface area contributed by atoms with Crippen LogP contribution in [0.2, 0.25) is 0 Å². The van der Waals surface area contributed by atoms with Gasteiger partial charge in [0.15, 0.2) is 0 Å². The minimum absolute atomic E-state index is 0.525. The second kappa shape index (κ2) is 3.66. The molecule has 4 N–H and O–H groups in total. The van der Waals surface area contributed by atoms with Crippen molar-refractivity contribution >= 4 is 11.4 Å². The van der Waals surface area contributed by atoms with Crippen LogP contribution in [-0.2, 0) is 0 Å². The fourth-order valence-electron chi connectivity index (χ4n) is 0.919. The van der Waals surface area contributed by atoms with Gasteiger partial charge in [-0.3, -0.25) is 0 Å². The van der Waals surface area contributed by atoms with Crippen molar-refractivity contribution in [3.63, 3.8) is 0 Å². The molecule has 13 heavy (non-hydrogen) atoms. The molecule has 0 aromatic heterocycles. The van der Waals surface area contributed by atoms with Crippen LogP contribution in [0.1, 0.15) is 13.8 Å². The minimum Gasteiger partial charge on any atom is -0.399 e. The minimum atomic E-state index is -0.693. The highest BCUT2D eigenvalue weighted by Crippen LogP contribution is 2.11. The SMILES string of the molecule is CC(C)(O)CNc1ccc(N)cc1. The molecule has 0 fully saturated rings. The molecule has 0 saturated carbocycles. The Balaban J connectivity index is 2.51. The van der Waals surface area contributed by atoms with Crippen LogP contribution in [0.25, 0.3) is 0 Å². The Bertz CT molecular complexity index is 261. The van der Waals surface area contributed by atoms with Crippen LogP contribution in [0, 0.1) is 0 Å². The van der Waals surface area contributed by atoms with E-state index >= 15 is 0 Å². The summed E-state index contributed by atoms with van der Waals surface area (Å²) in [5, 5.41) is 12.6. The molecule has 0 radical (unpaired) electrons. The third-order valence-corrected chi connectivity index (χ3v) is 1.64. The molecule has 1 rings (SSSR count). The van der Waals surface area contributed by atoms with Crippen LogP contribution >= 0.6 is 0 Å². The molecule has 0 heterocycles. The largest absolute Gasteiger partial charge is 0.399 e. The summed E-state index contributed by atoms with van der Waals surface area (Å²) in [6.07, 6.45) is 0. The standard InChI is InChI=1S/C10H16N2O/c1-10(2,13)7-12-9-5-3-8(11)4-6-9/h3-6,12-13H,7,11H2,1-2H3. The van der Waals surface area contributed by atoms with E-state index in [0.717, 1.165) is 11.4 Å². The van der Waals surface area contributed by atoms with E-state index in [1.54, 1.807) is 13.8 Å². The van der Waals surface area contributed by atoms with Gasteiger partial charge in [-0.15, -0.1) is 0 Å². The van der Waals surface area contributed by atoms with E-state index in [1.807, 2.05) is 24.3 Å². The van der Waals surface area contributed by atoms with Gasteiger partial charge in [0.1, 0.15) is 0 Å². The summed E-state index contributed by atoms with van der Waals surface area (Å²) in [6.45, 7) is 4.05. The first kappa shape index (κ1) is 9.86. The summed E-state index contributed by atoms with van der Waals surface area (Å²) in [7, 11) is 0. The van der Waals surface area contributed by atoms with Gasteiger partial charge in [-0.05, 0) is 38.1 Å². The summed E-state index contributed by atoms with van der Waals surface area (Å²) >= 11 is 0. The summed E-state index contributed by atoms with van der Waals surface area (Å²) < 4.78 is 0. The van der Waals surface area contributed by atoms with Crippen molar-refractivity contribution in [1.29, 1.82) is 0 Å². The first-order valence-electron chi connectivity index (χ1n) is 4.29. The number of aliphatic hydroxyl groups is 1. The van der Waals surface area contributed by atoms with Gasteiger partial charge in [0.25, 0.3) is 0 Å². The fourth-order valence-corrected chi connectivity index (χ4v) is 0.919. The van der Waals surface area contributed by atoms with Gasteiger partial charge in [0, 0.05) is 17.9 Å². The maximum absolute atomic E-state index is 9.45. The van der Waals surface area contributed by atoms with Crippen LogP contribution in [0.5, 0.6) is 0 Å². The van der Waals surface area contributed by atoms with E-state index in [1.165, 1.54) is 0 Å². The van der Waals surface area contributed by atoms with Crippen LogP contribution in [-0.4, -0.2) is 17.3 Å². The third kappa shape index (κ3) is 3.80. The zero-order valence-electron chi connectivity index (χ0n) is 8.04. The van der Waals surface area contributed by atoms with Crippen molar-refractivity contribution in [3.05, 3.63) is 24.3 Å². The number of hydrogen-bond donors (Lipinski definition) is 3. The number of nitrogens with one attached hydrogen (secondary N) is 1. The van der Waals surface area contributed by atoms with Gasteiger partial charge in [-0.1, -0.05) is 0 Å². The summed E-state index contributed by atoms with van der Waals surface area (Å²) in [5.41, 5.74) is 6.55. The molecule has 0 atom stereocenters. The molecule has 0 amide bonds. The normalized spacial score (nSPS) is 11.3. The lowest BCUT2D eigenvalue weighted by atomic mass is 10.1. The van der Waals surface area contributed by atoms with Gasteiger partial charge in [0.2, 0.25) is 0 Å². The number of nitrogen functional groups attached to an aromatic ring is 1. The van der Waals surface area contributed by atoms with Crippen molar-refractivity contribution in [2.24, 2.45) is 0 Å². The molecule has 0 aliphatic heterocycles. The Morgan fingerprint density at radius 3 is 2.31 bits per heavy atom. The van der Waals surface area contributed by atoms with E-state index in [0.29, 0.717) is 6.54 Å². The van der Waals surface area contributed by atoms with E-state index < -0.39 is 5.60 Å². The number of benzene rings is 1. The molecule has 3 nitrogen and oxygen atoms in total. The maximum atomic E-state index is 9.45. The predicted molar refractivity (Wildman–Crippen MR) is 55.6 cm³/mol. The van der Waals surface area contributed by atoms with Crippen LogP contribution in [0.4, 0.5) is 11.4 Å². The molecule has 0 aliphatic carbocycles. The molecule has 0 saturated heterocycles. The lowest BCUT2D eigenvalue weighted by Gasteiger charge is -2.18. The number of hydrogen-bond acceptors (Lipinski definition) is 3. The molecule has 1 aromatic rings. The van der Waals surface area contributed by atoms with Crippen LogP contribution < -0.4 is 11.1 Å². The third-order valence-electron chi connectivity index (χ3n) is 1.64. The van der Waals surface area contributed by atoms with E-state index in [2.05, 4.69) is 5.32 Å². The first-order valence-corrected chi connectivity index (χ1v) is 4.29. The highest BCUT2D eigenvalue weighted by molar-refractivity contribution is 5.51. The predicted octanol–water partition coefficient (Wildman–Crippen LogP) is 1.45. The Morgan fingerprint density at radius 1 is 1.31 bits per heavy atom. The molecule has 0 aliphatic rings. The van der Waals surface area contributed by atoms with Crippen molar-refractivity contribution in [1.82, 2.24) is 0 Å². The Labute approximate surface area is 78.6 Å². The lowest BCUT2D eigenvalue weighted by molar-refractivity contribution is 0.0945. The molecular formula is C10H16N2O. The van der Waals surface area contributed by atoms with E-state index in [9.17, 15) is 5.11 Å². The molecule has 1 aromatic carbocycles. The average molecular weight is 180 g/mol. The number of nitrogens with two attached hydrogens (primary N) is 1. The smallest absolute Gasteiger partial charge is 0.0763 e. The average Bonchev–Trinajstić information content (AvgIpc) is 2.02. The quantitative estimate of drug-likeness (QED) is 0.617. The summed E-state index contributed by atoms with van der Waals surface area (Å²) in [4.78, 5) is 0. The lowest BCUT2D eigenvalue weighted by Crippen LogP contribution is -2.29. The zero-order valence-corrected chi connectivity index (χ0v) is 8.04. The Kier molecular flexibility index (Phi) is 2.78. The van der Waals surface area contributed by atoms with Gasteiger partial charge in [-0.2, -0.15) is 0 Å². The molecular weight excluding hydrogens is 164 g/mol. The van der Waals surface area contributed by atoms with E-state index in [-0.39, 0.29) is 0 Å². The van der Waals surface area contributed by atoms with Crippen molar-refractivity contribution in [3.8, 4) is 0 Å². The maximum Gasteiger partial charge on any atom is 0.0763 e. The number of rotatable bonds is 3. The highest BCUT2D eigenvalue weighted by Gasteiger charge is 2.10. The molecule has 0 spiro atoms. The molecule has 3 heteroatoms. The zero-order chi connectivity index (χ0) is 9.90. The van der Waals surface area contributed by atoms with Crippen molar-refractivity contribution in [2.75, 3.05) is 17.6 Å². The van der Waals surface area contributed by atoms with Crippen LogP contribution in [0.3, 0.4) is 0 Å². The molecule has 0 bridgehead atoms. The second-order valence-electron chi connectivity index (χ2n) is 3.79. The second-order valence-corrected chi connectivity index (χ2v) is 3.79. The van der Waals surface area contributed by atoms with Crippen molar-refractivity contribution < 1.29 is 5.11 Å². The molecule has 72 valence electrons. The summed E-state index contributed by atoms with van der Waals surface area (Å²) in [6, 6.07) is 7.43. The molecule has 0 unspecified atom stereocenters. The van der Waals surface area contributed by atoms with E-state index in [4.69, 9.17) is 5.73 Å². The highest BCUT2D eigenvalue weighted by atomic mass is 16.3.